The molecule has 0 spiro atoms. The highest BCUT2D eigenvalue weighted by molar-refractivity contribution is 5.62. The average Bonchev–Trinajstić information content (AvgIpc) is 2.38. The molecule has 0 saturated heterocycles. The number of hydrogen-bond donors (Lipinski definition) is 0. The van der Waals surface area contributed by atoms with Gasteiger partial charge < -0.3 is 4.74 Å². The lowest BCUT2D eigenvalue weighted by Gasteiger charge is -2.04. The van der Waals surface area contributed by atoms with Crippen molar-refractivity contribution in [1.82, 2.24) is 4.98 Å². The van der Waals surface area contributed by atoms with Crippen LogP contribution in [0.4, 0.5) is 0 Å². The Morgan fingerprint density at radius 3 is 2.56 bits per heavy atom. The van der Waals surface area contributed by atoms with Crippen molar-refractivity contribution in [2.24, 2.45) is 0 Å². The van der Waals surface area contributed by atoms with Crippen LogP contribution < -0.4 is 4.74 Å². The van der Waals surface area contributed by atoms with E-state index >= 15 is 0 Å². The van der Waals surface area contributed by atoms with E-state index in [4.69, 9.17) is 11.2 Å². The zero-order valence-corrected chi connectivity index (χ0v) is 8.76. The van der Waals surface area contributed by atoms with Crippen LogP contribution in [0.2, 0.25) is 0 Å². The molecule has 0 saturated carbocycles. The molecule has 0 unspecified atom stereocenters. The minimum atomic E-state index is 0.298. The van der Waals surface area contributed by atoms with Gasteiger partial charge in [-0.25, -0.2) is 0 Å². The Balaban J connectivity index is 2.17. The average molecular weight is 209 g/mol. The van der Waals surface area contributed by atoms with Crippen molar-refractivity contribution < 1.29 is 4.74 Å². The van der Waals surface area contributed by atoms with E-state index in [-0.39, 0.29) is 0 Å². The number of aromatic nitrogens is 1. The third-order valence-corrected chi connectivity index (χ3v) is 2.17. The highest BCUT2D eigenvalue weighted by atomic mass is 16.5. The van der Waals surface area contributed by atoms with Crippen LogP contribution in [-0.4, -0.2) is 11.6 Å². The molecule has 2 heteroatoms. The zero-order valence-electron chi connectivity index (χ0n) is 8.76. The summed E-state index contributed by atoms with van der Waals surface area (Å²) in [6.07, 6.45) is 8.70. The highest BCUT2D eigenvalue weighted by Crippen LogP contribution is 2.21. The van der Waals surface area contributed by atoms with Gasteiger partial charge in [-0.05, 0) is 29.3 Å². The van der Waals surface area contributed by atoms with Crippen LogP contribution in [0.15, 0.2) is 48.8 Å². The first-order valence-corrected chi connectivity index (χ1v) is 4.97. The number of hydrogen-bond acceptors (Lipinski definition) is 2. The molecule has 0 radical (unpaired) electrons. The van der Waals surface area contributed by atoms with Crippen LogP contribution in [0, 0.1) is 12.3 Å². The molecule has 0 N–H and O–H groups in total. The first-order chi connectivity index (χ1) is 7.90. The van der Waals surface area contributed by atoms with Crippen molar-refractivity contribution in [2.75, 3.05) is 6.61 Å². The minimum Gasteiger partial charge on any atom is -0.481 e. The topological polar surface area (TPSA) is 22.1 Å². The van der Waals surface area contributed by atoms with E-state index in [1.165, 1.54) is 0 Å². The first kappa shape index (κ1) is 10.3. The summed E-state index contributed by atoms with van der Waals surface area (Å²) in [6, 6.07) is 11.7. The Morgan fingerprint density at radius 1 is 1.12 bits per heavy atom. The SMILES string of the molecule is C#CCOc1ccc(-c2cccnc2)cc1. The van der Waals surface area contributed by atoms with Gasteiger partial charge in [-0.15, -0.1) is 6.42 Å². The van der Waals surface area contributed by atoms with Crippen molar-refractivity contribution in [3.8, 4) is 29.2 Å². The molecule has 0 bridgehead atoms. The van der Waals surface area contributed by atoms with Crippen LogP contribution in [0.25, 0.3) is 11.1 Å². The molecular weight excluding hydrogens is 198 g/mol. The van der Waals surface area contributed by atoms with E-state index in [1.807, 2.05) is 42.6 Å². The van der Waals surface area contributed by atoms with E-state index in [9.17, 15) is 0 Å². The molecule has 0 aliphatic heterocycles. The molecule has 0 atom stereocenters. The second-order valence-corrected chi connectivity index (χ2v) is 3.26. The molecule has 78 valence electrons. The van der Waals surface area contributed by atoms with E-state index in [0.29, 0.717) is 6.61 Å². The number of ether oxygens (including phenoxy) is 1. The fourth-order valence-corrected chi connectivity index (χ4v) is 1.40. The summed E-state index contributed by atoms with van der Waals surface area (Å²) in [5.41, 5.74) is 2.20. The Bertz CT molecular complexity index is 482. The fourth-order valence-electron chi connectivity index (χ4n) is 1.40. The molecule has 0 aliphatic carbocycles. The molecule has 1 aromatic heterocycles. The molecule has 2 nitrogen and oxygen atoms in total. The normalized spacial score (nSPS) is 9.44. The van der Waals surface area contributed by atoms with Gasteiger partial charge in [-0.3, -0.25) is 4.98 Å². The molecule has 0 amide bonds. The Labute approximate surface area is 94.9 Å². The number of rotatable bonds is 3. The van der Waals surface area contributed by atoms with Gasteiger partial charge in [-0.2, -0.15) is 0 Å². The smallest absolute Gasteiger partial charge is 0.148 e. The van der Waals surface area contributed by atoms with Gasteiger partial charge in [0.15, 0.2) is 0 Å². The molecule has 0 fully saturated rings. The quantitative estimate of drug-likeness (QED) is 0.725. The molecule has 1 aromatic carbocycles. The van der Waals surface area contributed by atoms with E-state index in [1.54, 1.807) is 6.20 Å². The van der Waals surface area contributed by atoms with Crippen molar-refractivity contribution in [1.29, 1.82) is 0 Å². The summed E-state index contributed by atoms with van der Waals surface area (Å²) in [5.74, 6) is 3.21. The molecule has 0 aliphatic rings. The van der Waals surface area contributed by atoms with Gasteiger partial charge in [0.05, 0.1) is 0 Å². The summed E-state index contributed by atoms with van der Waals surface area (Å²) in [4.78, 5) is 4.08. The van der Waals surface area contributed by atoms with Gasteiger partial charge in [0.2, 0.25) is 0 Å². The molecule has 1 heterocycles. The van der Waals surface area contributed by atoms with Gasteiger partial charge in [-0.1, -0.05) is 24.1 Å². The summed E-state index contributed by atoms with van der Waals surface area (Å²) >= 11 is 0. The van der Waals surface area contributed by atoms with E-state index in [2.05, 4.69) is 10.9 Å². The lowest BCUT2D eigenvalue weighted by atomic mass is 10.1. The highest BCUT2D eigenvalue weighted by Gasteiger charge is 1.97. The van der Waals surface area contributed by atoms with Crippen molar-refractivity contribution in [2.45, 2.75) is 0 Å². The monoisotopic (exact) mass is 209 g/mol. The van der Waals surface area contributed by atoms with Crippen molar-refractivity contribution >= 4 is 0 Å². The third kappa shape index (κ3) is 2.40. The van der Waals surface area contributed by atoms with Gasteiger partial charge in [0.1, 0.15) is 12.4 Å². The predicted molar refractivity (Wildman–Crippen MR) is 64.0 cm³/mol. The fraction of sp³-hybridized carbons (Fsp3) is 0.0714. The summed E-state index contributed by atoms with van der Waals surface area (Å²) < 4.78 is 5.29. The maximum absolute atomic E-state index is 5.29. The van der Waals surface area contributed by atoms with Gasteiger partial charge in [0, 0.05) is 12.4 Å². The van der Waals surface area contributed by atoms with Crippen LogP contribution >= 0.6 is 0 Å². The lowest BCUT2D eigenvalue weighted by molar-refractivity contribution is 0.370. The van der Waals surface area contributed by atoms with Crippen LogP contribution in [-0.2, 0) is 0 Å². The lowest BCUT2D eigenvalue weighted by Crippen LogP contribution is -1.92. The maximum Gasteiger partial charge on any atom is 0.148 e. The molecule has 16 heavy (non-hydrogen) atoms. The van der Waals surface area contributed by atoms with Crippen LogP contribution in [0.5, 0.6) is 5.75 Å². The minimum absolute atomic E-state index is 0.298. The Hall–Kier alpha value is -2.27. The van der Waals surface area contributed by atoms with Crippen molar-refractivity contribution in [3.05, 3.63) is 48.8 Å². The number of terminal acetylenes is 1. The zero-order chi connectivity index (χ0) is 11.2. The largest absolute Gasteiger partial charge is 0.481 e. The van der Waals surface area contributed by atoms with Crippen molar-refractivity contribution in [3.63, 3.8) is 0 Å². The third-order valence-electron chi connectivity index (χ3n) is 2.17. The second-order valence-electron chi connectivity index (χ2n) is 3.26. The molecule has 2 rings (SSSR count). The standard InChI is InChI=1S/C14H11NO/c1-2-10-16-14-7-5-12(6-8-14)13-4-3-9-15-11-13/h1,3-9,11H,10H2. The van der Waals surface area contributed by atoms with Gasteiger partial charge >= 0.3 is 0 Å². The summed E-state index contributed by atoms with van der Waals surface area (Å²) in [7, 11) is 0. The first-order valence-electron chi connectivity index (χ1n) is 4.97. The molecular formula is C14H11NO. The van der Waals surface area contributed by atoms with Gasteiger partial charge in [0.25, 0.3) is 0 Å². The Morgan fingerprint density at radius 2 is 1.94 bits per heavy atom. The predicted octanol–water partition coefficient (Wildman–Crippen LogP) is 2.76. The van der Waals surface area contributed by atoms with E-state index in [0.717, 1.165) is 16.9 Å². The summed E-state index contributed by atoms with van der Waals surface area (Å²) in [5, 5.41) is 0. The van der Waals surface area contributed by atoms with Crippen LogP contribution in [0.3, 0.4) is 0 Å². The van der Waals surface area contributed by atoms with E-state index < -0.39 is 0 Å². The van der Waals surface area contributed by atoms with Crippen LogP contribution in [0.1, 0.15) is 0 Å². The second kappa shape index (κ2) is 4.99. The molecule has 2 aromatic rings. The number of nitrogens with zero attached hydrogens (tertiary/aromatic N) is 1. The number of pyridine rings is 1. The summed E-state index contributed by atoms with van der Waals surface area (Å²) in [6.45, 7) is 0.298. The maximum atomic E-state index is 5.29. The Kier molecular flexibility index (Phi) is 3.20. The number of benzene rings is 1.